The highest BCUT2D eigenvalue weighted by molar-refractivity contribution is 5.02. The van der Waals surface area contributed by atoms with Crippen LogP contribution in [0.4, 0.5) is 0 Å². The minimum atomic E-state index is 0.745. The summed E-state index contributed by atoms with van der Waals surface area (Å²) in [5.74, 6) is 0. The van der Waals surface area contributed by atoms with Gasteiger partial charge in [-0.3, -0.25) is 0 Å². The number of aromatic nitrogens is 1. The summed E-state index contributed by atoms with van der Waals surface area (Å²) in [5, 5.41) is 7.03. The predicted molar refractivity (Wildman–Crippen MR) is 62.8 cm³/mol. The molecular weight excluding hydrogens is 186 g/mol. The van der Waals surface area contributed by atoms with Gasteiger partial charge in [-0.25, -0.2) is 0 Å². The van der Waals surface area contributed by atoms with E-state index in [2.05, 4.69) is 21.7 Å². The van der Waals surface area contributed by atoms with Crippen molar-refractivity contribution in [1.29, 1.82) is 0 Å². The molecule has 15 heavy (non-hydrogen) atoms. The lowest BCUT2D eigenvalue weighted by Gasteiger charge is -2.23. The third-order valence-corrected chi connectivity index (χ3v) is 3.06. The first-order chi connectivity index (χ1) is 7.45. The Kier molecular flexibility index (Phi) is 4.23. The zero-order chi connectivity index (χ0) is 10.3. The Labute approximate surface area is 91.7 Å². The summed E-state index contributed by atoms with van der Waals surface area (Å²) in [4.78, 5) is 3.20. The van der Waals surface area contributed by atoms with Gasteiger partial charge in [0.1, 0.15) is 0 Å². The average molecular weight is 207 g/mol. The molecule has 3 nitrogen and oxygen atoms in total. The predicted octanol–water partition coefficient (Wildman–Crippen LogP) is 1.64. The number of hydrogen-bond donors (Lipinski definition) is 3. The van der Waals surface area contributed by atoms with E-state index < -0.39 is 0 Å². The van der Waals surface area contributed by atoms with Gasteiger partial charge in [0.05, 0.1) is 0 Å². The largest absolute Gasteiger partial charge is 0.364 e. The van der Waals surface area contributed by atoms with Gasteiger partial charge in [0.2, 0.25) is 0 Å². The van der Waals surface area contributed by atoms with E-state index in [4.69, 9.17) is 0 Å². The molecule has 3 N–H and O–H groups in total. The van der Waals surface area contributed by atoms with Crippen LogP contribution in [0.15, 0.2) is 18.3 Å². The Morgan fingerprint density at radius 3 is 3.13 bits per heavy atom. The van der Waals surface area contributed by atoms with Crippen molar-refractivity contribution in [3.05, 3.63) is 24.0 Å². The summed E-state index contributed by atoms with van der Waals surface area (Å²) in [6, 6.07) is 4.90. The van der Waals surface area contributed by atoms with Crippen LogP contribution in [0.2, 0.25) is 0 Å². The highest BCUT2D eigenvalue weighted by atomic mass is 14.9. The fraction of sp³-hybridized carbons (Fsp3) is 0.667. The lowest BCUT2D eigenvalue weighted by Crippen LogP contribution is -2.36. The van der Waals surface area contributed by atoms with Crippen LogP contribution in [-0.4, -0.2) is 24.1 Å². The molecule has 0 spiro atoms. The summed E-state index contributed by atoms with van der Waals surface area (Å²) in [7, 11) is 0. The molecule has 84 valence electrons. The Morgan fingerprint density at radius 1 is 1.40 bits per heavy atom. The van der Waals surface area contributed by atoms with Crippen LogP contribution >= 0.6 is 0 Å². The van der Waals surface area contributed by atoms with E-state index in [-0.39, 0.29) is 0 Å². The lowest BCUT2D eigenvalue weighted by atomic mass is 10.0. The molecule has 2 rings (SSSR count). The summed E-state index contributed by atoms with van der Waals surface area (Å²) < 4.78 is 0. The summed E-state index contributed by atoms with van der Waals surface area (Å²) in [5.41, 5.74) is 1.27. The van der Waals surface area contributed by atoms with Gasteiger partial charge in [-0.15, -0.1) is 0 Å². The summed E-state index contributed by atoms with van der Waals surface area (Å²) >= 11 is 0. The molecule has 0 saturated carbocycles. The SMILES string of the molecule is c1c[nH]c(CNCCC2CCCCN2)c1. The first-order valence-corrected chi connectivity index (χ1v) is 6.01. The average Bonchev–Trinajstić information content (AvgIpc) is 2.79. The van der Waals surface area contributed by atoms with Crippen molar-refractivity contribution >= 4 is 0 Å². The van der Waals surface area contributed by atoms with Crippen LogP contribution in [0.1, 0.15) is 31.4 Å². The van der Waals surface area contributed by atoms with E-state index >= 15 is 0 Å². The number of nitrogens with one attached hydrogen (secondary N) is 3. The molecule has 1 aliphatic rings. The smallest absolute Gasteiger partial charge is 0.0357 e. The van der Waals surface area contributed by atoms with E-state index in [0.29, 0.717) is 0 Å². The fourth-order valence-corrected chi connectivity index (χ4v) is 2.15. The molecule has 0 aliphatic carbocycles. The maximum Gasteiger partial charge on any atom is 0.0357 e. The molecule has 1 saturated heterocycles. The van der Waals surface area contributed by atoms with Crippen LogP contribution in [0.5, 0.6) is 0 Å². The molecule has 1 aromatic rings. The molecular formula is C12H21N3. The fourth-order valence-electron chi connectivity index (χ4n) is 2.15. The quantitative estimate of drug-likeness (QED) is 0.642. The number of aromatic amines is 1. The molecule has 0 amide bonds. The molecule has 1 atom stereocenters. The van der Waals surface area contributed by atoms with Crippen molar-refractivity contribution in [3.8, 4) is 0 Å². The van der Waals surface area contributed by atoms with E-state index in [1.165, 1.54) is 37.9 Å². The highest BCUT2D eigenvalue weighted by Gasteiger charge is 2.11. The number of hydrogen-bond acceptors (Lipinski definition) is 2. The minimum Gasteiger partial charge on any atom is -0.364 e. The summed E-state index contributed by atoms with van der Waals surface area (Å²) in [6.45, 7) is 3.28. The van der Waals surface area contributed by atoms with Gasteiger partial charge < -0.3 is 15.6 Å². The van der Waals surface area contributed by atoms with Crippen molar-refractivity contribution in [2.75, 3.05) is 13.1 Å². The van der Waals surface area contributed by atoms with Crippen LogP contribution in [0.25, 0.3) is 0 Å². The number of H-pyrrole nitrogens is 1. The van der Waals surface area contributed by atoms with Gasteiger partial charge in [-0.05, 0) is 44.5 Å². The molecule has 1 unspecified atom stereocenters. The van der Waals surface area contributed by atoms with Crippen molar-refractivity contribution in [3.63, 3.8) is 0 Å². The van der Waals surface area contributed by atoms with Crippen LogP contribution < -0.4 is 10.6 Å². The van der Waals surface area contributed by atoms with E-state index in [9.17, 15) is 0 Å². The van der Waals surface area contributed by atoms with Gasteiger partial charge in [-0.2, -0.15) is 0 Å². The van der Waals surface area contributed by atoms with Gasteiger partial charge in [0.25, 0.3) is 0 Å². The third-order valence-electron chi connectivity index (χ3n) is 3.06. The second kappa shape index (κ2) is 5.93. The van der Waals surface area contributed by atoms with Crippen LogP contribution in [0.3, 0.4) is 0 Å². The third kappa shape index (κ3) is 3.68. The van der Waals surface area contributed by atoms with Crippen LogP contribution in [-0.2, 0) is 6.54 Å². The second-order valence-electron chi connectivity index (χ2n) is 4.31. The molecule has 1 fully saturated rings. The number of rotatable bonds is 5. The van der Waals surface area contributed by atoms with Gasteiger partial charge >= 0.3 is 0 Å². The van der Waals surface area contributed by atoms with Crippen LogP contribution in [0, 0.1) is 0 Å². The Balaban J connectivity index is 1.54. The molecule has 2 heterocycles. The monoisotopic (exact) mass is 207 g/mol. The molecule has 1 aliphatic heterocycles. The molecule has 0 bridgehead atoms. The highest BCUT2D eigenvalue weighted by Crippen LogP contribution is 2.09. The Morgan fingerprint density at radius 2 is 2.40 bits per heavy atom. The first-order valence-electron chi connectivity index (χ1n) is 6.01. The van der Waals surface area contributed by atoms with Crippen molar-refractivity contribution in [2.45, 2.75) is 38.3 Å². The van der Waals surface area contributed by atoms with Gasteiger partial charge in [0, 0.05) is 24.5 Å². The first kappa shape index (κ1) is 10.7. The van der Waals surface area contributed by atoms with E-state index in [1.807, 2.05) is 12.3 Å². The zero-order valence-corrected chi connectivity index (χ0v) is 9.26. The molecule has 3 heteroatoms. The topological polar surface area (TPSA) is 39.9 Å². The maximum absolute atomic E-state index is 3.56. The zero-order valence-electron chi connectivity index (χ0n) is 9.26. The van der Waals surface area contributed by atoms with Crippen molar-refractivity contribution in [2.24, 2.45) is 0 Å². The van der Waals surface area contributed by atoms with Crippen molar-refractivity contribution < 1.29 is 0 Å². The molecule has 0 aromatic carbocycles. The van der Waals surface area contributed by atoms with Gasteiger partial charge in [0.15, 0.2) is 0 Å². The van der Waals surface area contributed by atoms with Crippen molar-refractivity contribution in [1.82, 2.24) is 15.6 Å². The second-order valence-corrected chi connectivity index (χ2v) is 4.31. The Hall–Kier alpha value is -0.800. The molecule has 0 radical (unpaired) electrons. The molecule has 1 aromatic heterocycles. The standard InChI is InChI=1S/C12H21N3/c1-2-7-14-11(4-1)6-9-13-10-12-5-3-8-15-12/h3,5,8,11,13-15H,1-2,4,6-7,9-10H2. The lowest BCUT2D eigenvalue weighted by molar-refractivity contribution is 0.376. The van der Waals surface area contributed by atoms with E-state index in [0.717, 1.165) is 19.1 Å². The Bertz CT molecular complexity index is 250. The van der Waals surface area contributed by atoms with Gasteiger partial charge in [-0.1, -0.05) is 6.42 Å². The minimum absolute atomic E-state index is 0.745. The number of piperidine rings is 1. The normalized spacial score (nSPS) is 21.7. The van der Waals surface area contributed by atoms with E-state index in [1.54, 1.807) is 0 Å². The maximum atomic E-state index is 3.56. The summed E-state index contributed by atoms with van der Waals surface area (Å²) in [6.07, 6.45) is 7.32.